The predicted molar refractivity (Wildman–Crippen MR) is 102 cm³/mol. The van der Waals surface area contributed by atoms with Crippen molar-refractivity contribution in [2.75, 3.05) is 0 Å². The third-order valence-corrected chi connectivity index (χ3v) is 4.92. The topological polar surface area (TPSA) is 0 Å². The minimum Gasteiger partial charge on any atom is -0.143 e. The molecular formula is C20H30S2. The van der Waals surface area contributed by atoms with Crippen molar-refractivity contribution in [3.8, 4) is 0 Å². The first-order chi connectivity index (χ1) is 10.9. The Balaban J connectivity index is 0.000000406. The first-order valence-electron chi connectivity index (χ1n) is 8.77. The van der Waals surface area contributed by atoms with Crippen LogP contribution in [0.1, 0.15) is 76.7 Å². The highest BCUT2D eigenvalue weighted by atomic mass is 32.1. The molecule has 0 bridgehead atoms. The van der Waals surface area contributed by atoms with Gasteiger partial charge in [0.15, 0.2) is 0 Å². The largest absolute Gasteiger partial charge is 0.143 e. The summed E-state index contributed by atoms with van der Waals surface area (Å²) in [5.41, 5.74) is 1.41. The molecule has 2 heterocycles. The van der Waals surface area contributed by atoms with Gasteiger partial charge < -0.3 is 0 Å². The molecule has 0 aliphatic carbocycles. The lowest BCUT2D eigenvalue weighted by molar-refractivity contribution is 0.556. The Morgan fingerprint density at radius 2 is 1.50 bits per heavy atom. The zero-order valence-corrected chi connectivity index (χ0v) is 15.6. The molecule has 2 rings (SSSR count). The van der Waals surface area contributed by atoms with E-state index >= 15 is 0 Å². The third-order valence-electron chi connectivity index (χ3n) is 3.71. The molecule has 0 amide bonds. The maximum Gasteiger partial charge on any atom is 0.0477 e. The fraction of sp³-hybridized carbons (Fsp3) is 0.600. The van der Waals surface area contributed by atoms with E-state index in [0.717, 1.165) is 0 Å². The lowest BCUT2D eigenvalue weighted by atomic mass is 10.0. The highest BCUT2D eigenvalue weighted by Gasteiger charge is 1.95. The van der Waals surface area contributed by atoms with E-state index in [-0.39, 0.29) is 0 Å². The monoisotopic (exact) mass is 334 g/mol. The number of hydrogen-bond donors (Lipinski definition) is 0. The predicted octanol–water partition coefficient (Wildman–Crippen LogP) is 7.56. The molecule has 0 aromatic carbocycles. The van der Waals surface area contributed by atoms with Crippen LogP contribution in [0, 0.1) is 10.8 Å². The van der Waals surface area contributed by atoms with Gasteiger partial charge in [0.25, 0.3) is 0 Å². The van der Waals surface area contributed by atoms with E-state index in [2.05, 4.69) is 29.1 Å². The number of hydrogen-bond acceptors (Lipinski definition) is 2. The molecule has 0 spiro atoms. The van der Waals surface area contributed by atoms with Crippen molar-refractivity contribution in [2.24, 2.45) is 0 Å². The van der Waals surface area contributed by atoms with Gasteiger partial charge in [-0.25, -0.2) is 0 Å². The highest BCUT2D eigenvalue weighted by molar-refractivity contribution is 7.07. The second-order valence-corrected chi connectivity index (χ2v) is 7.17. The van der Waals surface area contributed by atoms with Crippen LogP contribution in [-0.4, -0.2) is 0 Å². The van der Waals surface area contributed by atoms with Crippen molar-refractivity contribution in [3.63, 3.8) is 0 Å². The second-order valence-electron chi connectivity index (χ2n) is 5.71. The quantitative estimate of drug-likeness (QED) is 0.372. The molecule has 0 fully saturated rings. The van der Waals surface area contributed by atoms with Gasteiger partial charge in [-0.15, -0.1) is 22.7 Å². The van der Waals surface area contributed by atoms with Gasteiger partial charge >= 0.3 is 0 Å². The average molecular weight is 335 g/mol. The Kier molecular flexibility index (Phi) is 13.5. The van der Waals surface area contributed by atoms with Gasteiger partial charge in [0.1, 0.15) is 0 Å². The van der Waals surface area contributed by atoms with Gasteiger partial charge in [0.05, 0.1) is 0 Å². The fourth-order valence-corrected chi connectivity index (χ4v) is 3.41. The van der Waals surface area contributed by atoms with Crippen molar-refractivity contribution >= 4 is 22.7 Å². The summed E-state index contributed by atoms with van der Waals surface area (Å²) in [5, 5.41) is 10.3. The van der Waals surface area contributed by atoms with Crippen molar-refractivity contribution in [1.29, 1.82) is 0 Å². The summed E-state index contributed by atoms with van der Waals surface area (Å²) in [5.74, 6) is 0. The van der Waals surface area contributed by atoms with Gasteiger partial charge in [-0.3, -0.25) is 0 Å². The van der Waals surface area contributed by atoms with Crippen LogP contribution >= 0.6 is 22.7 Å². The molecule has 0 aliphatic heterocycles. The Hall–Kier alpha value is -0.600. The molecule has 0 atom stereocenters. The molecule has 0 unspecified atom stereocenters. The first-order valence-corrected chi connectivity index (χ1v) is 10.5. The van der Waals surface area contributed by atoms with E-state index in [9.17, 15) is 0 Å². The lowest BCUT2D eigenvalue weighted by Crippen LogP contribution is -1.84. The molecule has 0 nitrogen and oxygen atoms in total. The van der Waals surface area contributed by atoms with Crippen LogP contribution in [0.15, 0.2) is 29.0 Å². The summed E-state index contributed by atoms with van der Waals surface area (Å²) in [7, 11) is 0. The van der Waals surface area contributed by atoms with Gasteiger partial charge in [-0.2, -0.15) is 0 Å². The minimum atomic E-state index is 1.24. The Morgan fingerprint density at radius 3 is 1.95 bits per heavy atom. The average Bonchev–Trinajstić information content (AvgIpc) is 3.25. The summed E-state index contributed by atoms with van der Waals surface area (Å²) in [6.07, 6.45) is 15.5. The van der Waals surface area contributed by atoms with E-state index < -0.39 is 0 Å². The number of rotatable bonds is 11. The number of unbranched alkanes of at least 4 members (excludes halogenated alkanes) is 9. The van der Waals surface area contributed by atoms with Crippen molar-refractivity contribution in [1.82, 2.24) is 0 Å². The summed E-state index contributed by atoms with van der Waals surface area (Å²) in [6.45, 7) is 2.28. The minimum absolute atomic E-state index is 1.24. The third kappa shape index (κ3) is 12.0. The van der Waals surface area contributed by atoms with Gasteiger partial charge in [0.2, 0.25) is 0 Å². The molecule has 2 aromatic heterocycles. The zero-order valence-electron chi connectivity index (χ0n) is 14.0. The summed E-state index contributed by atoms with van der Waals surface area (Å²) >= 11 is 3.28. The molecule has 0 saturated heterocycles. The highest BCUT2D eigenvalue weighted by Crippen LogP contribution is 2.13. The van der Waals surface area contributed by atoms with Crippen LogP contribution in [0.5, 0.6) is 0 Å². The molecule has 2 radical (unpaired) electrons. The summed E-state index contributed by atoms with van der Waals surface area (Å²) in [6, 6.07) is 6.06. The van der Waals surface area contributed by atoms with E-state index in [0.29, 0.717) is 0 Å². The van der Waals surface area contributed by atoms with E-state index in [1.165, 1.54) is 76.2 Å². The van der Waals surface area contributed by atoms with E-state index in [4.69, 9.17) is 0 Å². The van der Waals surface area contributed by atoms with Crippen LogP contribution in [0.4, 0.5) is 0 Å². The van der Waals surface area contributed by atoms with Crippen molar-refractivity contribution < 1.29 is 0 Å². The van der Waals surface area contributed by atoms with Crippen molar-refractivity contribution in [2.45, 2.75) is 77.6 Å². The van der Waals surface area contributed by atoms with Crippen LogP contribution in [0.2, 0.25) is 0 Å². The Labute approximate surface area is 145 Å². The lowest BCUT2D eigenvalue weighted by Gasteiger charge is -2.01. The maximum atomic E-state index is 3.31. The summed E-state index contributed by atoms with van der Waals surface area (Å²) in [4.78, 5) is 0. The molecule has 122 valence electrons. The summed E-state index contributed by atoms with van der Waals surface area (Å²) < 4.78 is 0. The molecule has 2 heteroatoms. The Bertz CT molecular complexity index is 372. The van der Waals surface area contributed by atoms with Crippen LogP contribution in [-0.2, 0) is 6.42 Å². The number of thiophene rings is 2. The Morgan fingerprint density at radius 1 is 0.818 bits per heavy atom. The smallest absolute Gasteiger partial charge is 0.0477 e. The molecule has 0 N–H and O–H groups in total. The van der Waals surface area contributed by atoms with Crippen LogP contribution in [0.3, 0.4) is 0 Å². The van der Waals surface area contributed by atoms with Crippen LogP contribution in [0.25, 0.3) is 0 Å². The standard InChI is InChI=1S/C16H27S.C4H3S/c1-2-3-4-5-6-7-8-9-10-11-12-16-13-14-17-15-16;1-2-4-5-3-1/h13-14H,2-12H2,1H3;1-3H. The van der Waals surface area contributed by atoms with E-state index in [1.54, 1.807) is 22.7 Å². The zero-order chi connectivity index (χ0) is 15.7. The molecular weight excluding hydrogens is 304 g/mol. The molecule has 0 saturated carbocycles. The second kappa shape index (κ2) is 15.3. The van der Waals surface area contributed by atoms with Crippen LogP contribution < -0.4 is 0 Å². The van der Waals surface area contributed by atoms with E-state index in [1.807, 2.05) is 17.5 Å². The number of aryl methyl sites for hydroxylation is 1. The maximum absolute atomic E-state index is 3.31. The van der Waals surface area contributed by atoms with Gasteiger partial charge in [0, 0.05) is 10.8 Å². The molecule has 22 heavy (non-hydrogen) atoms. The molecule has 2 aromatic rings. The van der Waals surface area contributed by atoms with Gasteiger partial charge in [-0.05, 0) is 41.3 Å². The fourth-order valence-electron chi connectivity index (χ4n) is 2.39. The normalized spacial score (nSPS) is 10.2. The van der Waals surface area contributed by atoms with Crippen molar-refractivity contribution in [3.05, 3.63) is 45.3 Å². The first kappa shape index (κ1) is 19.4. The SMILES string of the molecule is CCCCCCCCCCCCc1[c]scc1.[c]1cccs1. The van der Waals surface area contributed by atoms with Gasteiger partial charge in [-0.1, -0.05) is 70.8 Å². The molecule has 0 aliphatic rings.